The Morgan fingerprint density at radius 1 is 0.895 bits per heavy atom. The lowest BCUT2D eigenvalue weighted by Gasteiger charge is -2.12. The molecule has 1 N–H and O–H groups in total. The van der Waals surface area contributed by atoms with Gasteiger partial charge in [-0.3, -0.25) is 0 Å². The third-order valence-electron chi connectivity index (χ3n) is 2.95. The van der Waals surface area contributed by atoms with Crippen LogP contribution in [0.2, 0.25) is 0 Å². The van der Waals surface area contributed by atoms with E-state index in [0.717, 1.165) is 5.56 Å². The standard InChI is InChI=1S/C15H13F3O/c16-12-9-14(18)13(17)8-11(12)15(19)7-6-10-4-2-1-3-5-10/h1-5,8-9,15,19H,6-7H2. The van der Waals surface area contributed by atoms with Crippen LogP contribution in [0, 0.1) is 17.5 Å². The van der Waals surface area contributed by atoms with Crippen molar-refractivity contribution in [2.24, 2.45) is 0 Å². The number of rotatable bonds is 4. The Morgan fingerprint density at radius 3 is 2.21 bits per heavy atom. The lowest BCUT2D eigenvalue weighted by molar-refractivity contribution is 0.162. The number of hydrogen-bond acceptors (Lipinski definition) is 1. The van der Waals surface area contributed by atoms with Gasteiger partial charge in [-0.15, -0.1) is 0 Å². The van der Waals surface area contributed by atoms with Crippen LogP contribution in [-0.2, 0) is 6.42 Å². The molecule has 1 nitrogen and oxygen atoms in total. The summed E-state index contributed by atoms with van der Waals surface area (Å²) in [5.74, 6) is -3.34. The highest BCUT2D eigenvalue weighted by molar-refractivity contribution is 5.23. The summed E-state index contributed by atoms with van der Waals surface area (Å²) in [5, 5.41) is 9.85. The van der Waals surface area contributed by atoms with Gasteiger partial charge in [0, 0.05) is 11.6 Å². The fraction of sp³-hybridized carbons (Fsp3) is 0.200. The first-order valence-electron chi connectivity index (χ1n) is 5.94. The van der Waals surface area contributed by atoms with E-state index in [2.05, 4.69) is 0 Å². The number of benzene rings is 2. The van der Waals surface area contributed by atoms with Crippen molar-refractivity contribution >= 4 is 0 Å². The smallest absolute Gasteiger partial charge is 0.161 e. The van der Waals surface area contributed by atoms with Gasteiger partial charge in [-0.25, -0.2) is 13.2 Å². The number of aryl methyl sites for hydroxylation is 1. The van der Waals surface area contributed by atoms with Crippen LogP contribution in [0.5, 0.6) is 0 Å². The third kappa shape index (κ3) is 3.35. The van der Waals surface area contributed by atoms with E-state index in [1.807, 2.05) is 30.3 Å². The normalized spacial score (nSPS) is 12.4. The molecule has 0 bridgehead atoms. The molecule has 0 aliphatic rings. The van der Waals surface area contributed by atoms with Gasteiger partial charge < -0.3 is 5.11 Å². The minimum absolute atomic E-state index is 0.213. The molecule has 2 rings (SSSR count). The van der Waals surface area contributed by atoms with Crippen LogP contribution in [0.25, 0.3) is 0 Å². The molecule has 0 aliphatic heterocycles. The van der Waals surface area contributed by atoms with Crippen molar-refractivity contribution in [2.45, 2.75) is 18.9 Å². The Labute approximate surface area is 109 Å². The zero-order valence-corrected chi connectivity index (χ0v) is 10.1. The van der Waals surface area contributed by atoms with Crippen LogP contribution in [0.15, 0.2) is 42.5 Å². The Bertz CT molecular complexity index is 555. The van der Waals surface area contributed by atoms with Gasteiger partial charge in [0.1, 0.15) is 5.82 Å². The zero-order chi connectivity index (χ0) is 13.8. The average Bonchev–Trinajstić information content (AvgIpc) is 2.41. The average molecular weight is 266 g/mol. The fourth-order valence-electron chi connectivity index (χ4n) is 1.90. The highest BCUT2D eigenvalue weighted by Gasteiger charge is 2.16. The molecule has 0 aromatic heterocycles. The Kier molecular flexibility index (Phi) is 4.22. The van der Waals surface area contributed by atoms with E-state index in [1.54, 1.807) is 0 Å². The maximum atomic E-state index is 13.4. The molecule has 0 saturated carbocycles. The molecule has 1 atom stereocenters. The first kappa shape index (κ1) is 13.6. The van der Waals surface area contributed by atoms with Gasteiger partial charge in [-0.2, -0.15) is 0 Å². The molecule has 2 aromatic rings. The quantitative estimate of drug-likeness (QED) is 0.835. The monoisotopic (exact) mass is 266 g/mol. The minimum Gasteiger partial charge on any atom is -0.388 e. The maximum absolute atomic E-state index is 13.4. The highest BCUT2D eigenvalue weighted by Crippen LogP contribution is 2.24. The van der Waals surface area contributed by atoms with E-state index in [4.69, 9.17) is 0 Å². The molecule has 0 radical (unpaired) electrons. The molecular weight excluding hydrogens is 253 g/mol. The van der Waals surface area contributed by atoms with Crippen LogP contribution in [0.3, 0.4) is 0 Å². The van der Waals surface area contributed by atoms with Crippen molar-refractivity contribution in [3.05, 3.63) is 71.0 Å². The summed E-state index contributed by atoms with van der Waals surface area (Å²) in [6.45, 7) is 0. The third-order valence-corrected chi connectivity index (χ3v) is 2.95. The molecule has 0 fully saturated rings. The molecule has 0 heterocycles. The molecule has 0 aliphatic carbocycles. The summed E-state index contributed by atoms with van der Waals surface area (Å²) < 4.78 is 39.2. The summed E-state index contributed by atoms with van der Waals surface area (Å²) >= 11 is 0. The van der Waals surface area contributed by atoms with E-state index in [9.17, 15) is 18.3 Å². The van der Waals surface area contributed by atoms with Crippen molar-refractivity contribution in [1.29, 1.82) is 0 Å². The van der Waals surface area contributed by atoms with E-state index in [-0.39, 0.29) is 12.0 Å². The van der Waals surface area contributed by atoms with Gasteiger partial charge in [0.25, 0.3) is 0 Å². The lowest BCUT2D eigenvalue weighted by atomic mass is 10.0. The summed E-state index contributed by atoms with van der Waals surface area (Å²) in [5.41, 5.74) is 0.777. The lowest BCUT2D eigenvalue weighted by Crippen LogP contribution is -2.04. The Hall–Kier alpha value is -1.81. The number of aliphatic hydroxyl groups is 1. The van der Waals surface area contributed by atoms with Crippen LogP contribution >= 0.6 is 0 Å². The van der Waals surface area contributed by atoms with Crippen molar-refractivity contribution in [3.63, 3.8) is 0 Å². The molecular formula is C15H13F3O. The second kappa shape index (κ2) is 5.89. The zero-order valence-electron chi connectivity index (χ0n) is 10.1. The van der Waals surface area contributed by atoms with Crippen LogP contribution in [0.1, 0.15) is 23.7 Å². The van der Waals surface area contributed by atoms with Gasteiger partial charge in [0.15, 0.2) is 11.6 Å². The van der Waals surface area contributed by atoms with Crippen LogP contribution < -0.4 is 0 Å². The molecule has 1 unspecified atom stereocenters. The number of halogens is 3. The summed E-state index contributed by atoms with van der Waals surface area (Å²) in [4.78, 5) is 0. The number of hydrogen-bond donors (Lipinski definition) is 1. The molecule has 19 heavy (non-hydrogen) atoms. The predicted molar refractivity (Wildman–Crippen MR) is 66.0 cm³/mol. The van der Waals surface area contributed by atoms with Gasteiger partial charge >= 0.3 is 0 Å². The van der Waals surface area contributed by atoms with Crippen molar-refractivity contribution in [1.82, 2.24) is 0 Å². The molecule has 0 saturated heterocycles. The largest absolute Gasteiger partial charge is 0.388 e. The van der Waals surface area contributed by atoms with Crippen molar-refractivity contribution < 1.29 is 18.3 Å². The Balaban J connectivity index is 2.08. The van der Waals surface area contributed by atoms with Crippen molar-refractivity contribution in [2.75, 3.05) is 0 Å². The Morgan fingerprint density at radius 2 is 1.53 bits per heavy atom. The van der Waals surface area contributed by atoms with Crippen LogP contribution in [0.4, 0.5) is 13.2 Å². The number of aliphatic hydroxyl groups excluding tert-OH is 1. The fourth-order valence-corrected chi connectivity index (χ4v) is 1.90. The second-order valence-electron chi connectivity index (χ2n) is 4.33. The van der Waals surface area contributed by atoms with Gasteiger partial charge in [-0.1, -0.05) is 30.3 Å². The molecule has 100 valence electrons. The maximum Gasteiger partial charge on any atom is 0.161 e. The predicted octanol–water partition coefficient (Wildman–Crippen LogP) is 3.77. The SMILES string of the molecule is OC(CCc1ccccc1)c1cc(F)c(F)cc1F. The molecule has 0 amide bonds. The second-order valence-corrected chi connectivity index (χ2v) is 4.33. The van der Waals surface area contributed by atoms with E-state index in [1.165, 1.54) is 0 Å². The van der Waals surface area contributed by atoms with Gasteiger partial charge in [0.2, 0.25) is 0 Å². The highest BCUT2D eigenvalue weighted by atomic mass is 19.2. The van der Waals surface area contributed by atoms with Crippen LogP contribution in [-0.4, -0.2) is 5.11 Å². The summed E-state index contributed by atoms with van der Waals surface area (Å²) in [6.07, 6.45) is -0.387. The van der Waals surface area contributed by atoms with Crippen molar-refractivity contribution in [3.8, 4) is 0 Å². The van der Waals surface area contributed by atoms with Gasteiger partial charge in [0.05, 0.1) is 6.10 Å². The van der Waals surface area contributed by atoms with E-state index >= 15 is 0 Å². The minimum atomic E-state index is -1.25. The first-order chi connectivity index (χ1) is 9.08. The van der Waals surface area contributed by atoms with E-state index < -0.39 is 23.6 Å². The molecule has 0 spiro atoms. The van der Waals surface area contributed by atoms with E-state index in [0.29, 0.717) is 18.6 Å². The van der Waals surface area contributed by atoms with Gasteiger partial charge in [-0.05, 0) is 24.5 Å². The summed E-state index contributed by atoms with van der Waals surface area (Å²) in [7, 11) is 0. The molecule has 4 heteroatoms. The first-order valence-corrected chi connectivity index (χ1v) is 5.94. The molecule has 2 aromatic carbocycles. The topological polar surface area (TPSA) is 20.2 Å². The summed E-state index contributed by atoms with van der Waals surface area (Å²) in [6, 6.07) is 10.5.